The third-order valence-corrected chi connectivity index (χ3v) is 2.43. The van der Waals surface area contributed by atoms with Crippen molar-refractivity contribution in [2.75, 3.05) is 13.2 Å². The van der Waals surface area contributed by atoms with Crippen LogP contribution in [0.25, 0.3) is 0 Å². The highest BCUT2D eigenvalue weighted by Gasteiger charge is 2.05. The van der Waals surface area contributed by atoms with E-state index in [-0.39, 0.29) is 12.5 Å². The van der Waals surface area contributed by atoms with Gasteiger partial charge in [0.1, 0.15) is 0 Å². The number of thiophene rings is 1. The molecule has 1 aromatic heterocycles. The normalized spacial score (nSPS) is 13.3. The Kier molecular flexibility index (Phi) is 3.56. The summed E-state index contributed by atoms with van der Waals surface area (Å²) >= 11 is 1.68. The molecule has 0 unspecified atom stereocenters. The molecule has 0 amide bonds. The zero-order valence-electron chi connectivity index (χ0n) is 6.36. The van der Waals surface area contributed by atoms with E-state index in [1.807, 2.05) is 5.38 Å². The molecule has 11 heavy (non-hydrogen) atoms. The quantitative estimate of drug-likeness (QED) is 0.705. The van der Waals surface area contributed by atoms with Crippen LogP contribution in [0, 0.1) is 5.92 Å². The van der Waals surface area contributed by atoms with E-state index < -0.39 is 0 Å². The second kappa shape index (κ2) is 4.49. The maximum absolute atomic E-state index is 8.85. The predicted octanol–water partition coefficient (Wildman–Crippen LogP) is 0.858. The van der Waals surface area contributed by atoms with E-state index in [1.54, 1.807) is 11.3 Å². The number of nitrogens with two attached hydrogens (primary N) is 1. The summed E-state index contributed by atoms with van der Waals surface area (Å²) in [4.78, 5) is 0. The van der Waals surface area contributed by atoms with Gasteiger partial charge in [-0.2, -0.15) is 11.3 Å². The maximum Gasteiger partial charge on any atom is 0.0474 e. The molecule has 3 N–H and O–H groups in total. The molecule has 0 fully saturated rings. The molecular formula is C8H13NOS. The number of aliphatic hydroxyl groups is 1. The van der Waals surface area contributed by atoms with Crippen molar-refractivity contribution in [1.29, 1.82) is 0 Å². The zero-order valence-corrected chi connectivity index (χ0v) is 7.18. The third-order valence-electron chi connectivity index (χ3n) is 1.70. The smallest absolute Gasteiger partial charge is 0.0474 e. The van der Waals surface area contributed by atoms with Gasteiger partial charge in [-0.25, -0.2) is 0 Å². The minimum absolute atomic E-state index is 0.187. The zero-order chi connectivity index (χ0) is 8.10. The summed E-state index contributed by atoms with van der Waals surface area (Å²) in [5.41, 5.74) is 6.72. The highest BCUT2D eigenvalue weighted by molar-refractivity contribution is 7.07. The first-order chi connectivity index (χ1) is 5.36. The number of aliphatic hydroxyl groups excluding tert-OH is 1. The summed E-state index contributed by atoms with van der Waals surface area (Å²) in [5, 5.41) is 13.0. The maximum atomic E-state index is 8.85. The lowest BCUT2D eigenvalue weighted by molar-refractivity contribution is 0.230. The van der Waals surface area contributed by atoms with E-state index in [2.05, 4.69) is 11.4 Å². The first-order valence-corrected chi connectivity index (χ1v) is 4.63. The van der Waals surface area contributed by atoms with Crippen molar-refractivity contribution in [2.45, 2.75) is 6.42 Å². The van der Waals surface area contributed by atoms with Crippen LogP contribution in [0.15, 0.2) is 16.8 Å². The van der Waals surface area contributed by atoms with Gasteiger partial charge >= 0.3 is 0 Å². The predicted molar refractivity (Wildman–Crippen MR) is 47.7 cm³/mol. The molecule has 0 aliphatic carbocycles. The summed E-state index contributed by atoms with van der Waals surface area (Å²) in [7, 11) is 0. The Bertz CT molecular complexity index is 182. The Labute approximate surface area is 70.7 Å². The highest BCUT2D eigenvalue weighted by Crippen LogP contribution is 2.11. The van der Waals surface area contributed by atoms with Gasteiger partial charge in [0.15, 0.2) is 0 Å². The van der Waals surface area contributed by atoms with E-state index >= 15 is 0 Å². The molecule has 62 valence electrons. The Balaban J connectivity index is 2.41. The fraction of sp³-hybridized carbons (Fsp3) is 0.500. The van der Waals surface area contributed by atoms with Crippen LogP contribution in [-0.2, 0) is 6.42 Å². The molecule has 3 heteroatoms. The first kappa shape index (κ1) is 8.71. The van der Waals surface area contributed by atoms with Gasteiger partial charge in [0, 0.05) is 6.61 Å². The molecule has 0 aromatic carbocycles. The van der Waals surface area contributed by atoms with Gasteiger partial charge in [0.2, 0.25) is 0 Å². The summed E-state index contributed by atoms with van der Waals surface area (Å²) in [6.45, 7) is 0.749. The lowest BCUT2D eigenvalue weighted by Gasteiger charge is -2.08. The van der Waals surface area contributed by atoms with E-state index in [0.29, 0.717) is 6.54 Å². The van der Waals surface area contributed by atoms with E-state index in [1.165, 1.54) is 5.56 Å². The van der Waals surface area contributed by atoms with Crippen molar-refractivity contribution in [2.24, 2.45) is 11.7 Å². The summed E-state index contributed by atoms with van der Waals surface area (Å²) < 4.78 is 0. The third kappa shape index (κ3) is 2.61. The van der Waals surface area contributed by atoms with E-state index in [0.717, 1.165) is 6.42 Å². The van der Waals surface area contributed by atoms with Crippen molar-refractivity contribution in [1.82, 2.24) is 0 Å². The number of hydrogen-bond donors (Lipinski definition) is 2. The van der Waals surface area contributed by atoms with Gasteiger partial charge < -0.3 is 10.8 Å². The largest absolute Gasteiger partial charge is 0.396 e. The van der Waals surface area contributed by atoms with Crippen LogP contribution < -0.4 is 5.73 Å². The van der Waals surface area contributed by atoms with Crippen molar-refractivity contribution >= 4 is 11.3 Å². The first-order valence-electron chi connectivity index (χ1n) is 3.68. The summed E-state index contributed by atoms with van der Waals surface area (Å²) in [6.07, 6.45) is 0.899. The van der Waals surface area contributed by atoms with Crippen molar-refractivity contribution in [3.05, 3.63) is 22.4 Å². The molecule has 1 aromatic rings. The monoisotopic (exact) mass is 171 g/mol. The van der Waals surface area contributed by atoms with E-state index in [4.69, 9.17) is 10.8 Å². The van der Waals surface area contributed by atoms with Crippen LogP contribution in [-0.4, -0.2) is 18.3 Å². The van der Waals surface area contributed by atoms with Gasteiger partial charge in [-0.05, 0) is 41.3 Å². The molecule has 0 saturated carbocycles. The van der Waals surface area contributed by atoms with Crippen molar-refractivity contribution in [3.8, 4) is 0 Å². The molecule has 0 spiro atoms. The SMILES string of the molecule is NC[C@H](CO)Cc1ccsc1. The molecular weight excluding hydrogens is 158 g/mol. The van der Waals surface area contributed by atoms with Crippen molar-refractivity contribution in [3.63, 3.8) is 0 Å². The van der Waals surface area contributed by atoms with Gasteiger partial charge in [0.25, 0.3) is 0 Å². The molecule has 0 saturated heterocycles. The van der Waals surface area contributed by atoms with Gasteiger partial charge in [-0.15, -0.1) is 0 Å². The molecule has 1 heterocycles. The second-order valence-electron chi connectivity index (χ2n) is 2.62. The van der Waals surface area contributed by atoms with Crippen LogP contribution in [0.4, 0.5) is 0 Å². The van der Waals surface area contributed by atoms with Crippen LogP contribution in [0.1, 0.15) is 5.56 Å². The Morgan fingerprint density at radius 2 is 2.45 bits per heavy atom. The number of hydrogen-bond acceptors (Lipinski definition) is 3. The van der Waals surface area contributed by atoms with Crippen LogP contribution in [0.3, 0.4) is 0 Å². The lowest BCUT2D eigenvalue weighted by atomic mass is 10.0. The molecule has 1 rings (SSSR count). The summed E-state index contributed by atoms with van der Waals surface area (Å²) in [6, 6.07) is 2.07. The topological polar surface area (TPSA) is 46.2 Å². The van der Waals surface area contributed by atoms with E-state index in [9.17, 15) is 0 Å². The second-order valence-corrected chi connectivity index (χ2v) is 3.40. The molecule has 2 nitrogen and oxygen atoms in total. The van der Waals surface area contributed by atoms with Crippen LogP contribution in [0.5, 0.6) is 0 Å². The Morgan fingerprint density at radius 1 is 1.64 bits per heavy atom. The minimum atomic E-state index is 0.187. The molecule has 0 aliphatic heterocycles. The minimum Gasteiger partial charge on any atom is -0.396 e. The molecule has 0 aliphatic rings. The Hall–Kier alpha value is -0.380. The molecule has 0 radical (unpaired) electrons. The standard InChI is InChI=1S/C8H13NOS/c9-4-8(5-10)3-7-1-2-11-6-7/h1-2,6,8,10H,3-5,9H2/t8-/m1/s1. The van der Waals surface area contributed by atoms with Gasteiger partial charge in [-0.3, -0.25) is 0 Å². The van der Waals surface area contributed by atoms with Crippen LogP contribution >= 0.6 is 11.3 Å². The van der Waals surface area contributed by atoms with Crippen molar-refractivity contribution < 1.29 is 5.11 Å². The molecule has 1 atom stereocenters. The highest BCUT2D eigenvalue weighted by atomic mass is 32.1. The van der Waals surface area contributed by atoms with Gasteiger partial charge in [0.05, 0.1) is 0 Å². The number of rotatable bonds is 4. The average Bonchev–Trinajstić information content (AvgIpc) is 2.52. The summed E-state index contributed by atoms with van der Waals surface area (Å²) in [5.74, 6) is 0.226. The average molecular weight is 171 g/mol. The lowest BCUT2D eigenvalue weighted by Crippen LogP contribution is -2.20. The molecule has 0 bridgehead atoms. The fourth-order valence-electron chi connectivity index (χ4n) is 0.965. The van der Waals surface area contributed by atoms with Gasteiger partial charge in [-0.1, -0.05) is 0 Å². The van der Waals surface area contributed by atoms with Crippen LogP contribution in [0.2, 0.25) is 0 Å². The Morgan fingerprint density at radius 3 is 2.91 bits per heavy atom. The fourth-order valence-corrected chi connectivity index (χ4v) is 1.65.